The number of ether oxygens (including phenoxy) is 2. The fourth-order valence-corrected chi connectivity index (χ4v) is 2.44. The summed E-state index contributed by atoms with van der Waals surface area (Å²) in [4.78, 5) is 0. The van der Waals surface area contributed by atoms with Gasteiger partial charge in [0, 0.05) is 12.6 Å². The first-order chi connectivity index (χ1) is 7.58. The molecule has 94 valence electrons. The Morgan fingerprint density at radius 1 is 1.38 bits per heavy atom. The van der Waals surface area contributed by atoms with Crippen LogP contribution in [0.5, 0.6) is 0 Å². The van der Waals surface area contributed by atoms with Gasteiger partial charge in [0.1, 0.15) is 5.60 Å². The van der Waals surface area contributed by atoms with Gasteiger partial charge in [0.25, 0.3) is 0 Å². The van der Waals surface area contributed by atoms with Gasteiger partial charge in [-0.3, -0.25) is 0 Å². The van der Waals surface area contributed by atoms with Gasteiger partial charge in [-0.15, -0.1) is 0 Å². The van der Waals surface area contributed by atoms with Crippen LogP contribution in [0.25, 0.3) is 0 Å². The van der Waals surface area contributed by atoms with Crippen LogP contribution in [-0.2, 0) is 9.47 Å². The largest absolute Gasteiger partial charge is 0.375 e. The van der Waals surface area contributed by atoms with Crippen LogP contribution in [-0.4, -0.2) is 38.0 Å². The minimum atomic E-state index is 0.00205. The highest BCUT2D eigenvalue weighted by molar-refractivity contribution is 5.01. The van der Waals surface area contributed by atoms with Gasteiger partial charge in [-0.25, -0.2) is 0 Å². The Bertz CT molecular complexity index is 236. The SMILES string of the molecule is CCC(C)(C)CCC1NCCOC12COC2. The lowest BCUT2D eigenvalue weighted by atomic mass is 9.79. The Hall–Kier alpha value is -0.120. The van der Waals surface area contributed by atoms with Crippen molar-refractivity contribution in [1.82, 2.24) is 5.32 Å². The van der Waals surface area contributed by atoms with Gasteiger partial charge in [0.2, 0.25) is 0 Å². The molecule has 2 aliphatic rings. The third-order valence-electron chi connectivity index (χ3n) is 4.28. The highest BCUT2D eigenvalue weighted by Gasteiger charge is 2.48. The topological polar surface area (TPSA) is 30.5 Å². The van der Waals surface area contributed by atoms with Crippen LogP contribution >= 0.6 is 0 Å². The first-order valence-electron chi connectivity index (χ1n) is 6.53. The molecule has 3 heteroatoms. The summed E-state index contributed by atoms with van der Waals surface area (Å²) < 4.78 is 11.3. The van der Waals surface area contributed by atoms with Crippen molar-refractivity contribution in [2.45, 2.75) is 51.7 Å². The van der Waals surface area contributed by atoms with E-state index in [0.29, 0.717) is 11.5 Å². The molecule has 0 aromatic heterocycles. The molecule has 0 aromatic rings. The second kappa shape index (κ2) is 4.63. The zero-order valence-corrected chi connectivity index (χ0v) is 10.8. The molecule has 2 aliphatic heterocycles. The van der Waals surface area contributed by atoms with Gasteiger partial charge >= 0.3 is 0 Å². The van der Waals surface area contributed by atoms with Crippen LogP contribution in [0.1, 0.15) is 40.0 Å². The van der Waals surface area contributed by atoms with Crippen molar-refractivity contribution in [3.63, 3.8) is 0 Å². The third kappa shape index (κ3) is 2.41. The van der Waals surface area contributed by atoms with Crippen molar-refractivity contribution >= 4 is 0 Å². The smallest absolute Gasteiger partial charge is 0.130 e. The Labute approximate surface area is 98.9 Å². The summed E-state index contributed by atoms with van der Waals surface area (Å²) in [6.07, 6.45) is 3.69. The predicted molar refractivity (Wildman–Crippen MR) is 64.6 cm³/mol. The molecule has 0 aromatic carbocycles. The average molecular weight is 227 g/mol. The van der Waals surface area contributed by atoms with Gasteiger partial charge < -0.3 is 14.8 Å². The van der Waals surface area contributed by atoms with Crippen molar-refractivity contribution in [3.05, 3.63) is 0 Å². The zero-order chi connectivity index (χ0) is 11.6. The number of rotatable bonds is 4. The van der Waals surface area contributed by atoms with E-state index in [2.05, 4.69) is 26.1 Å². The van der Waals surface area contributed by atoms with E-state index in [0.717, 1.165) is 26.4 Å². The van der Waals surface area contributed by atoms with Gasteiger partial charge in [0.05, 0.1) is 19.8 Å². The molecule has 1 spiro atoms. The molecule has 0 amide bonds. The van der Waals surface area contributed by atoms with E-state index in [9.17, 15) is 0 Å². The lowest BCUT2D eigenvalue weighted by molar-refractivity contribution is -0.238. The van der Waals surface area contributed by atoms with E-state index in [1.807, 2.05) is 0 Å². The molecule has 16 heavy (non-hydrogen) atoms. The molecule has 1 N–H and O–H groups in total. The first-order valence-corrected chi connectivity index (χ1v) is 6.53. The second-order valence-corrected chi connectivity index (χ2v) is 5.97. The van der Waals surface area contributed by atoms with Crippen LogP contribution in [0.15, 0.2) is 0 Å². The molecule has 0 radical (unpaired) electrons. The van der Waals surface area contributed by atoms with Crippen molar-refractivity contribution in [3.8, 4) is 0 Å². The molecule has 2 fully saturated rings. The van der Waals surface area contributed by atoms with E-state index in [-0.39, 0.29) is 5.60 Å². The van der Waals surface area contributed by atoms with Crippen LogP contribution < -0.4 is 5.32 Å². The fourth-order valence-electron chi connectivity index (χ4n) is 2.44. The lowest BCUT2D eigenvalue weighted by Crippen LogP contribution is -2.68. The summed E-state index contributed by atoms with van der Waals surface area (Å²) in [7, 11) is 0. The van der Waals surface area contributed by atoms with E-state index < -0.39 is 0 Å². The number of nitrogens with one attached hydrogen (secondary N) is 1. The van der Waals surface area contributed by atoms with Gasteiger partial charge in [-0.05, 0) is 18.3 Å². The van der Waals surface area contributed by atoms with Crippen LogP contribution in [0.4, 0.5) is 0 Å². The van der Waals surface area contributed by atoms with Gasteiger partial charge in [-0.2, -0.15) is 0 Å². The minimum absolute atomic E-state index is 0.00205. The monoisotopic (exact) mass is 227 g/mol. The summed E-state index contributed by atoms with van der Waals surface area (Å²) in [5.41, 5.74) is 0.451. The van der Waals surface area contributed by atoms with Gasteiger partial charge in [0.15, 0.2) is 0 Å². The zero-order valence-electron chi connectivity index (χ0n) is 10.8. The molecule has 0 aliphatic carbocycles. The maximum absolute atomic E-state index is 5.93. The average Bonchev–Trinajstić information content (AvgIpc) is 2.25. The predicted octanol–water partition coefficient (Wildman–Crippen LogP) is 1.96. The molecule has 2 heterocycles. The number of hydrogen-bond donors (Lipinski definition) is 1. The van der Waals surface area contributed by atoms with Gasteiger partial charge in [-0.1, -0.05) is 27.2 Å². The van der Waals surface area contributed by atoms with Crippen LogP contribution in [0, 0.1) is 5.41 Å². The van der Waals surface area contributed by atoms with Crippen molar-refractivity contribution in [2.75, 3.05) is 26.4 Å². The summed E-state index contributed by atoms with van der Waals surface area (Å²) in [5.74, 6) is 0. The second-order valence-electron chi connectivity index (χ2n) is 5.97. The van der Waals surface area contributed by atoms with Crippen molar-refractivity contribution in [2.24, 2.45) is 5.41 Å². The molecule has 0 saturated carbocycles. The van der Waals surface area contributed by atoms with Crippen molar-refractivity contribution in [1.29, 1.82) is 0 Å². The summed E-state index contributed by atoms with van der Waals surface area (Å²) in [5, 5.41) is 3.60. The summed E-state index contributed by atoms with van der Waals surface area (Å²) >= 11 is 0. The molecule has 3 nitrogen and oxygen atoms in total. The summed E-state index contributed by atoms with van der Waals surface area (Å²) in [6.45, 7) is 10.3. The molecule has 0 bridgehead atoms. The van der Waals surface area contributed by atoms with E-state index in [1.165, 1.54) is 19.3 Å². The molecular weight excluding hydrogens is 202 g/mol. The Kier molecular flexibility index (Phi) is 3.57. The van der Waals surface area contributed by atoms with E-state index in [4.69, 9.17) is 9.47 Å². The Morgan fingerprint density at radius 2 is 2.12 bits per heavy atom. The first kappa shape index (κ1) is 12.3. The highest BCUT2D eigenvalue weighted by Crippen LogP contribution is 2.34. The maximum Gasteiger partial charge on any atom is 0.130 e. The normalized spacial score (nSPS) is 29.1. The minimum Gasteiger partial charge on any atom is -0.375 e. The Balaban J connectivity index is 1.87. The fraction of sp³-hybridized carbons (Fsp3) is 1.00. The number of hydrogen-bond acceptors (Lipinski definition) is 3. The van der Waals surface area contributed by atoms with Crippen LogP contribution in [0.3, 0.4) is 0 Å². The standard InChI is InChI=1S/C13H25NO2/c1-4-12(2,3)6-5-11-13(9-15-10-13)16-8-7-14-11/h11,14H,4-10H2,1-3H3. The highest BCUT2D eigenvalue weighted by atomic mass is 16.6. The third-order valence-corrected chi connectivity index (χ3v) is 4.28. The molecule has 1 atom stereocenters. The maximum atomic E-state index is 5.93. The molecular formula is C13H25NO2. The van der Waals surface area contributed by atoms with Crippen molar-refractivity contribution < 1.29 is 9.47 Å². The quantitative estimate of drug-likeness (QED) is 0.796. The Morgan fingerprint density at radius 3 is 2.69 bits per heavy atom. The summed E-state index contributed by atoms with van der Waals surface area (Å²) in [6, 6.07) is 0.487. The molecule has 2 saturated heterocycles. The number of morpholine rings is 1. The van der Waals surface area contributed by atoms with E-state index in [1.54, 1.807) is 0 Å². The molecule has 2 rings (SSSR count). The van der Waals surface area contributed by atoms with Crippen LogP contribution in [0.2, 0.25) is 0 Å². The molecule has 1 unspecified atom stereocenters. The van der Waals surface area contributed by atoms with E-state index >= 15 is 0 Å². The lowest BCUT2D eigenvalue weighted by Gasteiger charge is -2.50.